The zero-order valence-electron chi connectivity index (χ0n) is 9.43. The Morgan fingerprint density at radius 3 is 3.00 bits per heavy atom. The first-order valence-electron chi connectivity index (χ1n) is 5.08. The lowest BCUT2D eigenvalue weighted by molar-refractivity contribution is 0.0870. The number of nitrogens with two attached hydrogens (primary N) is 1. The van der Waals surface area contributed by atoms with E-state index in [-0.39, 0.29) is 11.1 Å². The number of hydrogen-bond acceptors (Lipinski definition) is 5. The zero-order chi connectivity index (χ0) is 12.0. The first-order valence-corrected chi connectivity index (χ1v) is 5.48. The number of thiocarbonyl (C=S) groups is 1. The second kappa shape index (κ2) is 6.34. The molecule has 0 aromatic carbocycles. The number of nitrogens with one attached hydrogen (secondary N) is 1. The second-order valence-electron chi connectivity index (χ2n) is 3.48. The molecule has 0 radical (unpaired) electrons. The molecule has 0 atom stereocenters. The second-order valence-corrected chi connectivity index (χ2v) is 3.92. The summed E-state index contributed by atoms with van der Waals surface area (Å²) in [6.07, 6.45) is 1.85. The van der Waals surface area contributed by atoms with Gasteiger partial charge in [0, 0.05) is 12.7 Å². The summed E-state index contributed by atoms with van der Waals surface area (Å²) in [5, 5.41) is 3.03. The molecule has 0 aliphatic rings. The van der Waals surface area contributed by atoms with E-state index in [2.05, 4.69) is 15.3 Å². The summed E-state index contributed by atoms with van der Waals surface area (Å²) < 4.78 is 5.37. The van der Waals surface area contributed by atoms with Crippen molar-refractivity contribution in [1.82, 2.24) is 9.97 Å². The van der Waals surface area contributed by atoms with Gasteiger partial charge >= 0.3 is 0 Å². The van der Waals surface area contributed by atoms with Crippen LogP contribution < -0.4 is 11.1 Å². The van der Waals surface area contributed by atoms with E-state index in [1.807, 2.05) is 13.8 Å². The SMILES string of the molecule is CC(C)OCCNc1nccc(C(N)=S)n1. The highest BCUT2D eigenvalue weighted by atomic mass is 32.1. The predicted molar refractivity (Wildman–Crippen MR) is 67.5 cm³/mol. The molecule has 0 saturated carbocycles. The molecule has 16 heavy (non-hydrogen) atoms. The Morgan fingerprint density at radius 2 is 2.38 bits per heavy atom. The Labute approximate surface area is 100 Å². The summed E-state index contributed by atoms with van der Waals surface area (Å²) in [6, 6.07) is 1.68. The van der Waals surface area contributed by atoms with Gasteiger partial charge in [-0.15, -0.1) is 0 Å². The van der Waals surface area contributed by atoms with Gasteiger partial charge in [-0.1, -0.05) is 12.2 Å². The molecule has 3 N–H and O–H groups in total. The Hall–Kier alpha value is -1.27. The third kappa shape index (κ3) is 4.50. The van der Waals surface area contributed by atoms with Gasteiger partial charge < -0.3 is 15.8 Å². The Kier molecular flexibility index (Phi) is 5.07. The van der Waals surface area contributed by atoms with E-state index in [0.29, 0.717) is 24.8 Å². The van der Waals surface area contributed by atoms with E-state index in [4.69, 9.17) is 22.7 Å². The summed E-state index contributed by atoms with van der Waals surface area (Å²) in [4.78, 5) is 8.46. The molecular formula is C10H16N4OS. The molecule has 5 nitrogen and oxygen atoms in total. The Morgan fingerprint density at radius 1 is 1.62 bits per heavy atom. The number of rotatable bonds is 6. The largest absolute Gasteiger partial charge is 0.388 e. The first-order chi connectivity index (χ1) is 7.59. The molecule has 0 saturated heterocycles. The summed E-state index contributed by atoms with van der Waals surface area (Å²) in [5.74, 6) is 0.512. The zero-order valence-corrected chi connectivity index (χ0v) is 10.3. The normalized spacial score (nSPS) is 10.4. The lowest BCUT2D eigenvalue weighted by Gasteiger charge is -2.08. The van der Waals surface area contributed by atoms with Crippen LogP contribution in [0.15, 0.2) is 12.3 Å². The lowest BCUT2D eigenvalue weighted by atomic mass is 10.4. The molecule has 0 spiro atoms. The van der Waals surface area contributed by atoms with Crippen LogP contribution in [0.2, 0.25) is 0 Å². The van der Waals surface area contributed by atoms with Crippen LogP contribution in [0.4, 0.5) is 5.95 Å². The van der Waals surface area contributed by atoms with Crippen molar-refractivity contribution in [2.45, 2.75) is 20.0 Å². The number of nitrogens with zero attached hydrogens (tertiary/aromatic N) is 2. The minimum absolute atomic E-state index is 0.227. The van der Waals surface area contributed by atoms with Crippen LogP contribution in [0.25, 0.3) is 0 Å². The average Bonchev–Trinajstić information content (AvgIpc) is 2.24. The summed E-state index contributed by atoms with van der Waals surface area (Å²) in [7, 11) is 0. The van der Waals surface area contributed by atoms with Gasteiger partial charge in [0.05, 0.1) is 12.7 Å². The minimum Gasteiger partial charge on any atom is -0.388 e. The maximum Gasteiger partial charge on any atom is 0.223 e. The summed E-state index contributed by atoms with van der Waals surface area (Å²) in [5.41, 5.74) is 6.03. The molecule has 88 valence electrons. The van der Waals surface area contributed by atoms with Crippen molar-refractivity contribution >= 4 is 23.2 Å². The van der Waals surface area contributed by atoms with E-state index in [9.17, 15) is 0 Å². The molecule has 1 aromatic rings. The molecular weight excluding hydrogens is 224 g/mol. The third-order valence-corrected chi connectivity index (χ3v) is 1.95. The highest BCUT2D eigenvalue weighted by Gasteiger charge is 2.01. The maximum atomic E-state index is 5.47. The number of ether oxygens (including phenoxy) is 1. The maximum absolute atomic E-state index is 5.47. The average molecular weight is 240 g/mol. The smallest absolute Gasteiger partial charge is 0.223 e. The van der Waals surface area contributed by atoms with Crippen molar-refractivity contribution in [2.75, 3.05) is 18.5 Å². The van der Waals surface area contributed by atoms with Gasteiger partial charge in [-0.3, -0.25) is 0 Å². The molecule has 0 fully saturated rings. The third-order valence-electron chi connectivity index (χ3n) is 1.74. The van der Waals surface area contributed by atoms with Crippen molar-refractivity contribution in [3.8, 4) is 0 Å². The quantitative estimate of drug-likeness (QED) is 0.569. The molecule has 0 unspecified atom stereocenters. The molecule has 1 aromatic heterocycles. The summed E-state index contributed by atoms with van der Waals surface area (Å²) >= 11 is 4.83. The van der Waals surface area contributed by atoms with Crippen LogP contribution in [-0.2, 0) is 4.74 Å². The molecule has 6 heteroatoms. The van der Waals surface area contributed by atoms with Crippen molar-refractivity contribution < 1.29 is 4.74 Å². The van der Waals surface area contributed by atoms with Gasteiger partial charge in [0.2, 0.25) is 5.95 Å². The fourth-order valence-corrected chi connectivity index (χ4v) is 1.15. The van der Waals surface area contributed by atoms with Gasteiger partial charge in [-0.25, -0.2) is 9.97 Å². The van der Waals surface area contributed by atoms with E-state index in [1.54, 1.807) is 12.3 Å². The van der Waals surface area contributed by atoms with Gasteiger partial charge in [-0.2, -0.15) is 0 Å². The van der Waals surface area contributed by atoms with Crippen LogP contribution in [0.1, 0.15) is 19.5 Å². The van der Waals surface area contributed by atoms with Crippen molar-refractivity contribution in [3.05, 3.63) is 18.0 Å². The van der Waals surface area contributed by atoms with E-state index in [1.165, 1.54) is 0 Å². The predicted octanol–water partition coefficient (Wildman–Crippen LogP) is 0.948. The van der Waals surface area contributed by atoms with Crippen LogP contribution >= 0.6 is 12.2 Å². The standard InChI is InChI=1S/C10H16N4OS/c1-7(2)15-6-5-13-10-12-4-3-8(14-10)9(11)16/h3-4,7H,5-6H2,1-2H3,(H2,11,16)(H,12,13,14). The number of aromatic nitrogens is 2. The van der Waals surface area contributed by atoms with Crippen LogP contribution in [-0.4, -0.2) is 34.2 Å². The van der Waals surface area contributed by atoms with Crippen LogP contribution in [0.5, 0.6) is 0 Å². The van der Waals surface area contributed by atoms with Crippen molar-refractivity contribution in [2.24, 2.45) is 5.73 Å². The van der Waals surface area contributed by atoms with Gasteiger partial charge in [0.25, 0.3) is 0 Å². The Balaban J connectivity index is 2.42. The van der Waals surface area contributed by atoms with Gasteiger partial charge in [0.1, 0.15) is 10.7 Å². The van der Waals surface area contributed by atoms with Crippen LogP contribution in [0.3, 0.4) is 0 Å². The van der Waals surface area contributed by atoms with Gasteiger partial charge in [0.15, 0.2) is 0 Å². The Bertz CT molecular complexity index is 356. The van der Waals surface area contributed by atoms with Crippen molar-refractivity contribution in [1.29, 1.82) is 0 Å². The molecule has 0 aliphatic heterocycles. The molecule has 1 heterocycles. The van der Waals surface area contributed by atoms with Gasteiger partial charge in [-0.05, 0) is 19.9 Å². The number of hydrogen-bond donors (Lipinski definition) is 2. The van der Waals surface area contributed by atoms with Crippen molar-refractivity contribution in [3.63, 3.8) is 0 Å². The first kappa shape index (κ1) is 12.8. The highest BCUT2D eigenvalue weighted by molar-refractivity contribution is 7.80. The molecule has 1 rings (SSSR count). The topological polar surface area (TPSA) is 73.1 Å². The summed E-state index contributed by atoms with van der Waals surface area (Å²) in [6.45, 7) is 5.24. The van der Waals surface area contributed by atoms with E-state index < -0.39 is 0 Å². The number of anilines is 1. The minimum atomic E-state index is 0.227. The fraction of sp³-hybridized carbons (Fsp3) is 0.500. The molecule has 0 amide bonds. The van der Waals surface area contributed by atoms with E-state index in [0.717, 1.165) is 0 Å². The lowest BCUT2D eigenvalue weighted by Crippen LogP contribution is -2.17. The fourth-order valence-electron chi connectivity index (χ4n) is 1.04. The highest BCUT2D eigenvalue weighted by Crippen LogP contribution is 2.00. The molecule has 0 bridgehead atoms. The molecule has 0 aliphatic carbocycles. The monoisotopic (exact) mass is 240 g/mol. The van der Waals surface area contributed by atoms with E-state index >= 15 is 0 Å². The van der Waals surface area contributed by atoms with Crippen LogP contribution in [0, 0.1) is 0 Å².